The van der Waals surface area contributed by atoms with Crippen molar-refractivity contribution in [2.75, 3.05) is 26.2 Å². The van der Waals surface area contributed by atoms with Crippen molar-refractivity contribution < 1.29 is 9.59 Å². The Hall–Kier alpha value is -1.36. The van der Waals surface area contributed by atoms with Crippen molar-refractivity contribution in [2.24, 2.45) is 11.7 Å². The van der Waals surface area contributed by atoms with Crippen LogP contribution in [0.25, 0.3) is 0 Å². The van der Waals surface area contributed by atoms with Gasteiger partial charge in [-0.05, 0) is 58.0 Å². The number of nitrogens with zero attached hydrogens (tertiary/aromatic N) is 1. The predicted molar refractivity (Wildman–Crippen MR) is 82.5 cm³/mol. The summed E-state index contributed by atoms with van der Waals surface area (Å²) in [5.41, 5.74) is 6.69. The monoisotopic (exact) mass is 293 g/mol. The molecule has 3 N–H and O–H groups in total. The van der Waals surface area contributed by atoms with Crippen LogP contribution in [0.5, 0.6) is 0 Å². The molecule has 1 heterocycles. The number of nitrogens with two attached hydrogens (primary N) is 1. The molecule has 5 nitrogen and oxygen atoms in total. The van der Waals surface area contributed by atoms with Crippen LogP contribution in [-0.4, -0.2) is 42.9 Å². The molecule has 0 aromatic heterocycles. The van der Waals surface area contributed by atoms with Gasteiger partial charge in [-0.1, -0.05) is 11.6 Å². The van der Waals surface area contributed by atoms with Crippen LogP contribution in [0.1, 0.15) is 44.9 Å². The van der Waals surface area contributed by atoms with Crippen LogP contribution in [0.4, 0.5) is 0 Å². The summed E-state index contributed by atoms with van der Waals surface area (Å²) in [6.45, 7) is 2.63. The zero-order chi connectivity index (χ0) is 15.1. The molecule has 0 saturated carbocycles. The molecule has 5 heteroatoms. The summed E-state index contributed by atoms with van der Waals surface area (Å²) in [4.78, 5) is 25.0. The van der Waals surface area contributed by atoms with Crippen LogP contribution < -0.4 is 11.1 Å². The SMILES string of the molecule is NC(=O)CN1CCC(C(=O)NCCC2=CCCCC2)CC1. The molecule has 0 unspecified atom stereocenters. The van der Waals surface area contributed by atoms with Gasteiger partial charge in [0.2, 0.25) is 11.8 Å². The molecule has 1 aliphatic heterocycles. The number of allylic oxidation sites excluding steroid dienone is 1. The Morgan fingerprint density at radius 3 is 2.67 bits per heavy atom. The number of likely N-dealkylation sites (tertiary alicyclic amines) is 1. The highest BCUT2D eigenvalue weighted by Gasteiger charge is 2.25. The molecule has 1 saturated heterocycles. The zero-order valence-electron chi connectivity index (χ0n) is 12.8. The van der Waals surface area contributed by atoms with Gasteiger partial charge in [0, 0.05) is 12.5 Å². The lowest BCUT2D eigenvalue weighted by molar-refractivity contribution is -0.126. The quantitative estimate of drug-likeness (QED) is 0.722. The van der Waals surface area contributed by atoms with Gasteiger partial charge < -0.3 is 11.1 Å². The maximum absolute atomic E-state index is 12.1. The summed E-state index contributed by atoms with van der Waals surface area (Å²) in [5.74, 6) is -0.0294. The third-order valence-electron chi connectivity index (χ3n) is 4.47. The van der Waals surface area contributed by atoms with Crippen molar-refractivity contribution in [1.29, 1.82) is 0 Å². The van der Waals surface area contributed by atoms with E-state index in [-0.39, 0.29) is 17.7 Å². The van der Waals surface area contributed by atoms with Crippen molar-refractivity contribution in [2.45, 2.75) is 44.9 Å². The van der Waals surface area contributed by atoms with Gasteiger partial charge in [-0.15, -0.1) is 0 Å². The van der Waals surface area contributed by atoms with E-state index in [1.54, 1.807) is 0 Å². The average Bonchev–Trinajstić information content (AvgIpc) is 2.48. The van der Waals surface area contributed by atoms with Gasteiger partial charge in [-0.25, -0.2) is 0 Å². The lowest BCUT2D eigenvalue weighted by Crippen LogP contribution is -2.43. The molecule has 0 bridgehead atoms. The third-order valence-corrected chi connectivity index (χ3v) is 4.47. The van der Waals surface area contributed by atoms with Gasteiger partial charge in [0.05, 0.1) is 6.54 Å². The highest BCUT2D eigenvalue weighted by atomic mass is 16.2. The first-order valence-corrected chi connectivity index (χ1v) is 8.11. The molecular weight excluding hydrogens is 266 g/mol. The van der Waals surface area contributed by atoms with Crippen molar-refractivity contribution >= 4 is 11.8 Å². The molecule has 0 radical (unpaired) electrons. The van der Waals surface area contributed by atoms with E-state index in [4.69, 9.17) is 5.73 Å². The zero-order valence-corrected chi connectivity index (χ0v) is 12.8. The Morgan fingerprint density at radius 1 is 1.29 bits per heavy atom. The fraction of sp³-hybridized carbons (Fsp3) is 0.750. The maximum Gasteiger partial charge on any atom is 0.231 e. The van der Waals surface area contributed by atoms with Crippen molar-refractivity contribution in [3.8, 4) is 0 Å². The summed E-state index contributed by atoms with van der Waals surface area (Å²) in [5, 5.41) is 3.07. The number of primary amides is 1. The second-order valence-corrected chi connectivity index (χ2v) is 6.17. The van der Waals surface area contributed by atoms with Crippen molar-refractivity contribution in [1.82, 2.24) is 10.2 Å². The number of hydrogen-bond acceptors (Lipinski definition) is 3. The number of rotatable bonds is 6. The van der Waals surface area contributed by atoms with Crippen molar-refractivity contribution in [3.63, 3.8) is 0 Å². The topological polar surface area (TPSA) is 75.4 Å². The lowest BCUT2D eigenvalue weighted by atomic mass is 9.95. The highest BCUT2D eigenvalue weighted by molar-refractivity contribution is 5.79. The summed E-state index contributed by atoms with van der Waals surface area (Å²) in [6, 6.07) is 0. The lowest BCUT2D eigenvalue weighted by Gasteiger charge is -2.30. The van der Waals surface area contributed by atoms with Crippen LogP contribution in [0.15, 0.2) is 11.6 Å². The highest BCUT2D eigenvalue weighted by Crippen LogP contribution is 2.20. The molecule has 0 aromatic rings. The Labute approximate surface area is 126 Å². The average molecular weight is 293 g/mol. The Kier molecular flexibility index (Phi) is 6.23. The minimum atomic E-state index is -0.293. The van der Waals surface area contributed by atoms with E-state index in [0.29, 0.717) is 6.54 Å². The van der Waals surface area contributed by atoms with Gasteiger partial charge in [0.15, 0.2) is 0 Å². The van der Waals surface area contributed by atoms with E-state index >= 15 is 0 Å². The first-order valence-electron chi connectivity index (χ1n) is 8.11. The van der Waals surface area contributed by atoms with Crippen molar-refractivity contribution in [3.05, 3.63) is 11.6 Å². The van der Waals surface area contributed by atoms with E-state index in [1.165, 1.54) is 31.3 Å². The van der Waals surface area contributed by atoms with E-state index < -0.39 is 0 Å². The molecule has 2 aliphatic rings. The smallest absolute Gasteiger partial charge is 0.231 e. The normalized spacial score (nSPS) is 20.9. The van der Waals surface area contributed by atoms with E-state index in [1.807, 2.05) is 4.90 Å². The fourth-order valence-corrected chi connectivity index (χ4v) is 3.20. The number of piperidine rings is 1. The third kappa shape index (κ3) is 5.50. The molecule has 2 amide bonds. The number of carbonyl (C=O) groups is 2. The van der Waals surface area contributed by atoms with E-state index in [0.717, 1.165) is 38.9 Å². The van der Waals surface area contributed by atoms with E-state index in [9.17, 15) is 9.59 Å². The van der Waals surface area contributed by atoms with Crippen LogP contribution in [0, 0.1) is 5.92 Å². The van der Waals surface area contributed by atoms with Gasteiger partial charge in [0.1, 0.15) is 0 Å². The molecule has 0 spiro atoms. The number of hydrogen-bond donors (Lipinski definition) is 2. The van der Waals surface area contributed by atoms with Gasteiger partial charge in [-0.2, -0.15) is 0 Å². The van der Waals surface area contributed by atoms with Gasteiger partial charge in [0.25, 0.3) is 0 Å². The first-order chi connectivity index (χ1) is 10.1. The summed E-state index contributed by atoms with van der Waals surface area (Å²) in [6.07, 6.45) is 9.95. The second-order valence-electron chi connectivity index (χ2n) is 6.17. The Balaban J connectivity index is 1.63. The Morgan fingerprint density at radius 2 is 2.05 bits per heavy atom. The molecule has 0 aromatic carbocycles. The minimum absolute atomic E-state index is 0.0921. The second kappa shape index (κ2) is 8.17. The first kappa shape index (κ1) is 16.0. The summed E-state index contributed by atoms with van der Waals surface area (Å²) < 4.78 is 0. The largest absolute Gasteiger partial charge is 0.369 e. The van der Waals surface area contributed by atoms with Gasteiger partial charge in [-0.3, -0.25) is 14.5 Å². The minimum Gasteiger partial charge on any atom is -0.369 e. The standard InChI is InChI=1S/C16H27N3O2/c17-15(20)12-19-10-7-14(8-11-19)16(21)18-9-6-13-4-2-1-3-5-13/h4,14H,1-3,5-12H2,(H2,17,20)(H,18,21). The van der Waals surface area contributed by atoms with Crippen LogP contribution in [-0.2, 0) is 9.59 Å². The molecule has 2 rings (SSSR count). The summed E-state index contributed by atoms with van der Waals surface area (Å²) in [7, 11) is 0. The molecule has 1 fully saturated rings. The number of amides is 2. The molecular formula is C16H27N3O2. The summed E-state index contributed by atoms with van der Waals surface area (Å²) >= 11 is 0. The number of carbonyl (C=O) groups excluding carboxylic acids is 2. The molecule has 1 aliphatic carbocycles. The van der Waals surface area contributed by atoms with Crippen LogP contribution >= 0.6 is 0 Å². The van der Waals surface area contributed by atoms with Crippen LogP contribution in [0.3, 0.4) is 0 Å². The predicted octanol–water partition coefficient (Wildman–Crippen LogP) is 1.19. The molecule has 118 valence electrons. The molecule has 21 heavy (non-hydrogen) atoms. The van der Waals surface area contributed by atoms with Gasteiger partial charge >= 0.3 is 0 Å². The Bertz CT molecular complexity index is 398. The molecule has 0 atom stereocenters. The maximum atomic E-state index is 12.1. The van der Waals surface area contributed by atoms with Crippen LogP contribution in [0.2, 0.25) is 0 Å². The number of nitrogens with one attached hydrogen (secondary N) is 1. The fourth-order valence-electron chi connectivity index (χ4n) is 3.20. The van der Waals surface area contributed by atoms with E-state index in [2.05, 4.69) is 11.4 Å².